The summed E-state index contributed by atoms with van der Waals surface area (Å²) in [5.41, 5.74) is 0.415. The Morgan fingerprint density at radius 2 is 2.00 bits per heavy atom. The molecule has 0 fully saturated rings. The number of hydrogen-bond acceptors (Lipinski definition) is 5. The molecule has 134 valence electrons. The Balaban J connectivity index is 1.95. The molecule has 2 aromatic rings. The van der Waals surface area contributed by atoms with E-state index in [9.17, 15) is 14.0 Å². The number of benzene rings is 1. The van der Waals surface area contributed by atoms with Gasteiger partial charge in [0.2, 0.25) is 0 Å². The number of ether oxygens (including phenoxy) is 1. The van der Waals surface area contributed by atoms with Crippen LogP contribution in [-0.4, -0.2) is 25.0 Å². The first-order valence-electron chi connectivity index (χ1n) is 7.52. The predicted octanol–water partition coefficient (Wildman–Crippen LogP) is 3.68. The Labute approximate surface area is 157 Å². The van der Waals surface area contributed by atoms with Gasteiger partial charge < -0.3 is 14.1 Å². The molecule has 1 heterocycles. The summed E-state index contributed by atoms with van der Waals surface area (Å²) in [6.45, 7) is -0.400. The van der Waals surface area contributed by atoms with Crippen LogP contribution in [0.2, 0.25) is 0 Å². The molecular formula is C18H14BrFN2O4. The van der Waals surface area contributed by atoms with Gasteiger partial charge in [-0.05, 0) is 58.4 Å². The lowest BCUT2D eigenvalue weighted by Gasteiger charge is -2.21. The van der Waals surface area contributed by atoms with Crippen molar-refractivity contribution >= 4 is 39.6 Å². The third kappa shape index (κ3) is 5.86. The number of amides is 1. The van der Waals surface area contributed by atoms with E-state index in [1.54, 1.807) is 12.1 Å². The van der Waals surface area contributed by atoms with Crippen LogP contribution in [0.5, 0.6) is 0 Å². The number of nitriles is 1. The first-order valence-corrected chi connectivity index (χ1v) is 8.32. The molecule has 8 heteroatoms. The lowest BCUT2D eigenvalue weighted by Crippen LogP contribution is -2.35. The molecule has 0 aliphatic heterocycles. The van der Waals surface area contributed by atoms with Gasteiger partial charge in [-0.1, -0.05) is 0 Å². The van der Waals surface area contributed by atoms with Crippen molar-refractivity contribution in [2.24, 2.45) is 0 Å². The third-order valence-corrected chi connectivity index (χ3v) is 3.63. The highest BCUT2D eigenvalue weighted by Crippen LogP contribution is 2.16. The number of furan rings is 1. The fourth-order valence-electron chi connectivity index (χ4n) is 2.01. The minimum atomic E-state index is -0.717. The number of carbonyl (C=O) groups excluding carboxylic acids is 2. The van der Waals surface area contributed by atoms with E-state index in [0.717, 1.165) is 6.08 Å². The highest BCUT2D eigenvalue weighted by molar-refractivity contribution is 9.10. The summed E-state index contributed by atoms with van der Waals surface area (Å²) in [6, 6.07) is 10.5. The molecule has 0 atom stereocenters. The van der Waals surface area contributed by atoms with Crippen molar-refractivity contribution in [3.05, 3.63) is 58.7 Å². The molecule has 0 aliphatic carbocycles. The molecule has 0 radical (unpaired) electrons. The monoisotopic (exact) mass is 420 g/mol. The molecule has 0 N–H and O–H groups in total. The summed E-state index contributed by atoms with van der Waals surface area (Å²) < 4.78 is 23.7. The average molecular weight is 421 g/mol. The summed E-state index contributed by atoms with van der Waals surface area (Å²) in [4.78, 5) is 25.3. The zero-order chi connectivity index (χ0) is 18.9. The molecule has 6 nitrogen and oxygen atoms in total. The third-order valence-electron chi connectivity index (χ3n) is 3.20. The SMILES string of the molecule is N#CCCN(C(=O)COC(=O)/C=C/c1ccc(Br)o1)c1ccc(F)cc1. The molecule has 0 bridgehead atoms. The Bertz CT molecular complexity index is 840. The van der Waals surface area contributed by atoms with Gasteiger partial charge in [0, 0.05) is 18.3 Å². The molecule has 1 aromatic carbocycles. The molecule has 0 spiro atoms. The second-order valence-corrected chi connectivity index (χ2v) is 5.79. The number of hydrogen-bond donors (Lipinski definition) is 0. The lowest BCUT2D eigenvalue weighted by atomic mass is 10.2. The fourth-order valence-corrected chi connectivity index (χ4v) is 2.33. The Morgan fingerprint density at radius 3 is 2.62 bits per heavy atom. The molecule has 0 saturated heterocycles. The van der Waals surface area contributed by atoms with E-state index >= 15 is 0 Å². The maximum absolute atomic E-state index is 13.0. The van der Waals surface area contributed by atoms with Gasteiger partial charge in [0.05, 0.1) is 12.5 Å². The number of nitrogens with zero attached hydrogens (tertiary/aromatic N) is 2. The van der Waals surface area contributed by atoms with Crippen LogP contribution in [0.3, 0.4) is 0 Å². The Morgan fingerprint density at radius 1 is 1.27 bits per heavy atom. The first kappa shape index (κ1) is 19.4. The second kappa shape index (κ2) is 9.53. The van der Waals surface area contributed by atoms with Crippen molar-refractivity contribution in [2.45, 2.75) is 6.42 Å². The van der Waals surface area contributed by atoms with E-state index in [4.69, 9.17) is 14.4 Å². The molecule has 1 amide bonds. The Kier molecular flexibility index (Phi) is 7.12. The molecule has 0 unspecified atom stereocenters. The minimum Gasteiger partial charge on any atom is -0.452 e. The Hall–Kier alpha value is -2.92. The minimum absolute atomic E-state index is 0.0876. The lowest BCUT2D eigenvalue weighted by molar-refractivity contribution is -0.142. The highest BCUT2D eigenvalue weighted by Gasteiger charge is 2.17. The van der Waals surface area contributed by atoms with Crippen molar-refractivity contribution < 1.29 is 23.1 Å². The van der Waals surface area contributed by atoms with Gasteiger partial charge in [-0.25, -0.2) is 9.18 Å². The molecular weight excluding hydrogens is 407 g/mol. The van der Waals surface area contributed by atoms with Gasteiger partial charge in [-0.2, -0.15) is 5.26 Å². The smallest absolute Gasteiger partial charge is 0.331 e. The molecule has 2 rings (SSSR count). The van der Waals surface area contributed by atoms with Crippen LogP contribution in [0.1, 0.15) is 12.2 Å². The number of rotatable bonds is 7. The number of esters is 1. The van der Waals surface area contributed by atoms with Crippen LogP contribution in [0.15, 0.2) is 51.6 Å². The van der Waals surface area contributed by atoms with Crippen molar-refractivity contribution in [1.82, 2.24) is 0 Å². The van der Waals surface area contributed by atoms with Crippen molar-refractivity contribution in [3.8, 4) is 6.07 Å². The molecule has 0 aliphatic rings. The van der Waals surface area contributed by atoms with Crippen LogP contribution in [0, 0.1) is 17.1 Å². The molecule has 1 aromatic heterocycles. The normalized spacial score (nSPS) is 10.5. The van der Waals surface area contributed by atoms with Gasteiger partial charge in [0.15, 0.2) is 11.3 Å². The van der Waals surface area contributed by atoms with Crippen LogP contribution >= 0.6 is 15.9 Å². The maximum Gasteiger partial charge on any atom is 0.331 e. The van der Waals surface area contributed by atoms with Crippen molar-refractivity contribution in [1.29, 1.82) is 5.26 Å². The van der Waals surface area contributed by atoms with E-state index in [1.807, 2.05) is 6.07 Å². The van der Waals surface area contributed by atoms with Gasteiger partial charge in [-0.15, -0.1) is 0 Å². The summed E-state index contributed by atoms with van der Waals surface area (Å²) in [7, 11) is 0. The van der Waals surface area contributed by atoms with E-state index in [-0.39, 0.29) is 13.0 Å². The topological polar surface area (TPSA) is 83.5 Å². The second-order valence-electron chi connectivity index (χ2n) is 5.01. The quantitative estimate of drug-likeness (QED) is 0.503. The van der Waals surface area contributed by atoms with Crippen LogP contribution in [-0.2, 0) is 14.3 Å². The number of carbonyl (C=O) groups is 2. The van der Waals surface area contributed by atoms with E-state index < -0.39 is 24.3 Å². The van der Waals surface area contributed by atoms with Crippen LogP contribution < -0.4 is 4.90 Å². The summed E-state index contributed by atoms with van der Waals surface area (Å²) in [5.74, 6) is -1.23. The van der Waals surface area contributed by atoms with E-state index in [0.29, 0.717) is 16.1 Å². The van der Waals surface area contributed by atoms with Gasteiger partial charge in [0.25, 0.3) is 5.91 Å². The standard InChI is InChI=1S/C18H14BrFN2O4/c19-16-8-6-15(26-16)7-9-18(24)25-12-17(23)22(11-1-10-21)14-4-2-13(20)3-5-14/h2-9H,1,11-12H2/b9-7+. The van der Waals surface area contributed by atoms with Gasteiger partial charge in [-0.3, -0.25) is 4.79 Å². The number of halogens is 2. The fraction of sp³-hybridized carbons (Fsp3) is 0.167. The summed E-state index contributed by atoms with van der Waals surface area (Å²) in [5, 5.41) is 8.73. The number of anilines is 1. The highest BCUT2D eigenvalue weighted by atomic mass is 79.9. The zero-order valence-corrected chi connectivity index (χ0v) is 15.1. The van der Waals surface area contributed by atoms with E-state index in [1.165, 1.54) is 35.2 Å². The average Bonchev–Trinajstić information content (AvgIpc) is 3.05. The van der Waals surface area contributed by atoms with E-state index in [2.05, 4.69) is 15.9 Å². The van der Waals surface area contributed by atoms with Crippen molar-refractivity contribution in [2.75, 3.05) is 18.1 Å². The van der Waals surface area contributed by atoms with Crippen molar-refractivity contribution in [3.63, 3.8) is 0 Å². The predicted molar refractivity (Wildman–Crippen MR) is 95.4 cm³/mol. The van der Waals surface area contributed by atoms with Gasteiger partial charge in [0.1, 0.15) is 11.6 Å². The van der Waals surface area contributed by atoms with Crippen LogP contribution in [0.25, 0.3) is 6.08 Å². The summed E-state index contributed by atoms with van der Waals surface area (Å²) >= 11 is 3.14. The maximum atomic E-state index is 13.0. The zero-order valence-electron chi connectivity index (χ0n) is 13.5. The first-order chi connectivity index (χ1) is 12.5. The summed E-state index contributed by atoms with van der Waals surface area (Å²) in [6.07, 6.45) is 2.63. The van der Waals surface area contributed by atoms with Crippen LogP contribution in [0.4, 0.5) is 10.1 Å². The van der Waals surface area contributed by atoms with Gasteiger partial charge >= 0.3 is 5.97 Å². The largest absolute Gasteiger partial charge is 0.452 e. The molecule has 0 saturated carbocycles. The molecule has 26 heavy (non-hydrogen) atoms.